The Hall–Kier alpha value is -3.77. The zero-order valence-electron chi connectivity index (χ0n) is 32.9. The number of piperazine rings is 2. The van der Waals surface area contributed by atoms with Gasteiger partial charge < -0.3 is 25.0 Å². The molecule has 53 heavy (non-hydrogen) atoms. The molecule has 12 heteroatoms. The van der Waals surface area contributed by atoms with Gasteiger partial charge in [0, 0.05) is 81.5 Å². The van der Waals surface area contributed by atoms with E-state index in [4.69, 9.17) is 9.72 Å². The zero-order valence-corrected chi connectivity index (χ0v) is 32.9. The van der Waals surface area contributed by atoms with Crippen LogP contribution in [0.15, 0.2) is 30.3 Å². The lowest BCUT2D eigenvalue weighted by atomic mass is 9.90. The number of hydrogen-bond donors (Lipinski definition) is 2. The Kier molecular flexibility index (Phi) is 13.1. The van der Waals surface area contributed by atoms with Crippen LogP contribution in [0.3, 0.4) is 0 Å². The van der Waals surface area contributed by atoms with Gasteiger partial charge in [-0.1, -0.05) is 38.8 Å². The summed E-state index contributed by atoms with van der Waals surface area (Å²) in [6.45, 7) is 18.2. The second-order valence-corrected chi connectivity index (χ2v) is 17.1. The number of rotatable bonds is 13. The summed E-state index contributed by atoms with van der Waals surface area (Å²) in [4.78, 5) is 51.2. The maximum Gasteiger partial charge on any atom is 0.410 e. The number of unbranched alkanes of at least 4 members (excludes halogenated alkanes) is 3. The van der Waals surface area contributed by atoms with Gasteiger partial charge in [-0.05, 0) is 89.6 Å². The topological polar surface area (TPSA) is 119 Å². The first kappa shape index (κ1) is 40.4. The van der Waals surface area contributed by atoms with Crippen LogP contribution >= 0.6 is 0 Å². The fourth-order valence-corrected chi connectivity index (χ4v) is 7.90. The summed E-state index contributed by atoms with van der Waals surface area (Å²) in [6, 6.07) is 8.72. The second kappa shape index (κ2) is 17.1. The minimum Gasteiger partial charge on any atom is -0.480 e. The fourth-order valence-electron chi connectivity index (χ4n) is 7.90. The third kappa shape index (κ3) is 10.9. The third-order valence-corrected chi connectivity index (χ3v) is 10.9. The average Bonchev–Trinajstić information content (AvgIpc) is 3.37. The number of aryl methyl sites for hydroxylation is 1. The molecule has 3 atom stereocenters. The molecule has 2 N–H and O–H groups in total. The maximum atomic E-state index is 13.5. The van der Waals surface area contributed by atoms with Gasteiger partial charge in [-0.3, -0.25) is 24.4 Å². The van der Waals surface area contributed by atoms with Crippen LogP contribution in [0.2, 0.25) is 0 Å². The SMILES string of the molecule is C[C@@H]1CN(C(=O)CCCCCCc2nc3c(cc2Cc2ccc(F)cc2)NCC3(C)C)CCN1C[C@H]1CN(C(=O)OC(C)(C)C)[C@H](C)CN1CC(=O)O. The van der Waals surface area contributed by atoms with Gasteiger partial charge >= 0.3 is 12.1 Å². The quantitative estimate of drug-likeness (QED) is 0.241. The van der Waals surface area contributed by atoms with E-state index in [2.05, 4.69) is 37.1 Å². The molecule has 1 aromatic carbocycles. The van der Waals surface area contributed by atoms with Gasteiger partial charge in [0.25, 0.3) is 0 Å². The summed E-state index contributed by atoms with van der Waals surface area (Å²) in [5, 5.41) is 13.1. The number of carbonyl (C=O) groups excluding carboxylic acids is 2. The van der Waals surface area contributed by atoms with Crippen LogP contribution in [-0.4, -0.2) is 124 Å². The highest BCUT2D eigenvalue weighted by Gasteiger charge is 2.39. The number of ether oxygens (including phenoxy) is 1. The first-order valence-electron chi connectivity index (χ1n) is 19.5. The molecule has 2 fully saturated rings. The van der Waals surface area contributed by atoms with E-state index in [0.29, 0.717) is 52.1 Å². The molecule has 0 aliphatic carbocycles. The lowest BCUT2D eigenvalue weighted by Gasteiger charge is -2.48. The Morgan fingerprint density at radius 2 is 1.70 bits per heavy atom. The molecule has 0 spiro atoms. The largest absolute Gasteiger partial charge is 0.480 e. The Bertz CT molecular complexity index is 1590. The van der Waals surface area contributed by atoms with Crippen molar-refractivity contribution in [2.24, 2.45) is 0 Å². The number of aromatic nitrogens is 1. The van der Waals surface area contributed by atoms with Gasteiger partial charge in [-0.2, -0.15) is 0 Å². The molecule has 3 aliphatic rings. The van der Waals surface area contributed by atoms with E-state index in [1.807, 2.05) is 49.6 Å². The summed E-state index contributed by atoms with van der Waals surface area (Å²) < 4.78 is 19.2. The van der Waals surface area contributed by atoms with Gasteiger partial charge in [0.15, 0.2) is 0 Å². The van der Waals surface area contributed by atoms with E-state index in [9.17, 15) is 23.9 Å². The molecule has 2 aromatic rings. The number of pyridine rings is 1. The van der Waals surface area contributed by atoms with E-state index in [1.165, 1.54) is 17.7 Å². The third-order valence-electron chi connectivity index (χ3n) is 10.9. The highest BCUT2D eigenvalue weighted by molar-refractivity contribution is 5.76. The predicted octanol–water partition coefficient (Wildman–Crippen LogP) is 5.93. The summed E-state index contributed by atoms with van der Waals surface area (Å²) in [6.07, 6.45) is 5.55. The second-order valence-electron chi connectivity index (χ2n) is 17.1. The van der Waals surface area contributed by atoms with E-state index in [1.54, 1.807) is 4.90 Å². The molecule has 0 saturated carbocycles. The van der Waals surface area contributed by atoms with Gasteiger partial charge in [-0.25, -0.2) is 9.18 Å². The maximum absolute atomic E-state index is 13.5. The number of anilines is 1. The first-order chi connectivity index (χ1) is 25.0. The minimum absolute atomic E-state index is 0.0277. The Morgan fingerprint density at radius 3 is 2.38 bits per heavy atom. The number of benzene rings is 1. The normalized spacial score (nSPS) is 22.0. The van der Waals surface area contributed by atoms with Crippen LogP contribution in [0.4, 0.5) is 14.9 Å². The number of fused-ring (bicyclic) bond motifs is 1. The number of carboxylic acids is 1. The van der Waals surface area contributed by atoms with Crippen molar-refractivity contribution in [2.45, 2.75) is 123 Å². The van der Waals surface area contributed by atoms with Crippen molar-refractivity contribution in [1.82, 2.24) is 24.6 Å². The van der Waals surface area contributed by atoms with E-state index < -0.39 is 11.6 Å². The number of aliphatic carboxylic acids is 1. The lowest BCUT2D eigenvalue weighted by molar-refractivity contribution is -0.141. The molecule has 0 bridgehead atoms. The first-order valence-corrected chi connectivity index (χ1v) is 19.5. The molecule has 292 valence electrons. The summed E-state index contributed by atoms with van der Waals surface area (Å²) in [5.74, 6) is -0.933. The molecule has 1 aromatic heterocycles. The highest BCUT2D eigenvalue weighted by atomic mass is 19.1. The Morgan fingerprint density at radius 1 is 0.981 bits per heavy atom. The fraction of sp³-hybridized carbons (Fsp3) is 0.659. The molecule has 2 saturated heterocycles. The van der Waals surface area contributed by atoms with Crippen LogP contribution in [0, 0.1) is 5.82 Å². The molecule has 11 nitrogen and oxygen atoms in total. The van der Waals surface area contributed by atoms with Gasteiger partial charge in [0.1, 0.15) is 11.4 Å². The molecule has 0 unspecified atom stereocenters. The van der Waals surface area contributed by atoms with Crippen LogP contribution in [0.25, 0.3) is 0 Å². The number of carbonyl (C=O) groups is 3. The van der Waals surface area contributed by atoms with Crippen LogP contribution in [-0.2, 0) is 32.6 Å². The molecular formula is C41H61FN6O5. The number of nitrogens with one attached hydrogen (secondary N) is 1. The number of hydrogen-bond acceptors (Lipinski definition) is 8. The Balaban J connectivity index is 1.08. The molecule has 4 heterocycles. The van der Waals surface area contributed by atoms with E-state index >= 15 is 0 Å². The minimum atomic E-state index is -0.885. The molecule has 0 radical (unpaired) electrons. The van der Waals surface area contributed by atoms with E-state index in [-0.39, 0.29) is 47.9 Å². The zero-order chi connectivity index (χ0) is 38.5. The van der Waals surface area contributed by atoms with Crippen molar-refractivity contribution in [2.75, 3.05) is 57.7 Å². The smallest absolute Gasteiger partial charge is 0.410 e. The van der Waals surface area contributed by atoms with Gasteiger partial charge in [-0.15, -0.1) is 0 Å². The number of amides is 2. The number of carboxylic acid groups (broad SMARTS) is 1. The molecule has 2 amide bonds. The average molecular weight is 737 g/mol. The monoisotopic (exact) mass is 736 g/mol. The predicted molar refractivity (Wildman–Crippen MR) is 205 cm³/mol. The van der Waals surface area contributed by atoms with Gasteiger partial charge in [0.2, 0.25) is 5.91 Å². The van der Waals surface area contributed by atoms with Crippen LogP contribution < -0.4 is 5.32 Å². The summed E-state index contributed by atoms with van der Waals surface area (Å²) in [5.41, 5.74) is 4.92. The van der Waals surface area contributed by atoms with Crippen molar-refractivity contribution in [1.29, 1.82) is 0 Å². The van der Waals surface area contributed by atoms with Crippen LogP contribution in [0.1, 0.15) is 103 Å². The van der Waals surface area contributed by atoms with Crippen molar-refractivity contribution < 1.29 is 28.6 Å². The molecule has 3 aliphatic heterocycles. The lowest BCUT2D eigenvalue weighted by Crippen LogP contribution is -2.64. The Labute approximate surface area is 315 Å². The number of halogens is 1. The van der Waals surface area contributed by atoms with Crippen molar-refractivity contribution in [3.63, 3.8) is 0 Å². The highest BCUT2D eigenvalue weighted by Crippen LogP contribution is 2.36. The van der Waals surface area contributed by atoms with Crippen LogP contribution in [0.5, 0.6) is 0 Å². The standard InChI is InChI=1S/C41H61FN6O5/c1-28-22-46(19-18-45(28)24-33-25-48(39(52)53-40(3,4)5)29(2)23-47(33)26-37(50)51)36(49)13-11-9-8-10-12-34-31(20-30-14-16-32(42)17-15-30)21-35-38(44-34)41(6,7)27-43-35/h14-17,21,28-29,33,43H,8-13,18-20,22-27H2,1-7H3,(H,50,51)/t28-,29-,33+/m1/s1. The van der Waals surface area contributed by atoms with Crippen molar-refractivity contribution in [3.05, 3.63) is 58.7 Å². The van der Waals surface area contributed by atoms with E-state index in [0.717, 1.165) is 61.3 Å². The van der Waals surface area contributed by atoms with Crippen molar-refractivity contribution >= 4 is 23.7 Å². The van der Waals surface area contributed by atoms with Gasteiger partial charge in [0.05, 0.1) is 17.9 Å². The summed E-state index contributed by atoms with van der Waals surface area (Å²) in [7, 11) is 0. The van der Waals surface area contributed by atoms with Crippen molar-refractivity contribution in [3.8, 4) is 0 Å². The molecular weight excluding hydrogens is 675 g/mol. The molecule has 5 rings (SSSR count). The number of nitrogens with zero attached hydrogens (tertiary/aromatic N) is 5. The summed E-state index contributed by atoms with van der Waals surface area (Å²) >= 11 is 0.